The molecule has 0 bridgehead atoms. The highest BCUT2D eigenvalue weighted by molar-refractivity contribution is 6.30. The molecule has 180 valence electrons. The third-order valence-electron chi connectivity index (χ3n) is 5.53. The molecule has 10 heteroatoms. The van der Waals surface area contributed by atoms with Gasteiger partial charge in [0.15, 0.2) is 0 Å². The van der Waals surface area contributed by atoms with E-state index >= 15 is 0 Å². The van der Waals surface area contributed by atoms with Crippen molar-refractivity contribution in [1.82, 2.24) is 9.80 Å². The number of urea groups is 1. The molecule has 0 spiro atoms. The molecule has 2 aliphatic heterocycles. The number of anilines is 3. The van der Waals surface area contributed by atoms with Crippen LogP contribution in [0.25, 0.3) is 0 Å². The van der Waals surface area contributed by atoms with E-state index in [4.69, 9.17) is 21.8 Å². The van der Waals surface area contributed by atoms with Crippen LogP contribution in [0.2, 0.25) is 5.02 Å². The molecule has 0 unspecified atom stereocenters. The maximum Gasteiger partial charge on any atom is 0.328 e. The average molecular weight is 487 g/mol. The van der Waals surface area contributed by atoms with Crippen LogP contribution in [0.15, 0.2) is 54.6 Å². The Labute approximate surface area is 202 Å². The molecule has 0 saturated carbocycles. The summed E-state index contributed by atoms with van der Waals surface area (Å²) in [4.78, 5) is 38.2. The molecule has 0 atom stereocenters. The number of hydrogen-bond donors (Lipinski definition) is 3. The van der Waals surface area contributed by atoms with Crippen LogP contribution in [0.4, 0.5) is 21.9 Å². The fourth-order valence-corrected chi connectivity index (χ4v) is 3.98. The molecule has 0 aliphatic carbocycles. The summed E-state index contributed by atoms with van der Waals surface area (Å²) in [7, 11) is 2.08. The minimum Gasteiger partial charge on any atom is -0.478 e. The zero-order valence-corrected chi connectivity index (χ0v) is 19.5. The van der Waals surface area contributed by atoms with E-state index in [1.807, 2.05) is 35.2 Å². The Morgan fingerprint density at radius 3 is 2.21 bits per heavy atom. The van der Waals surface area contributed by atoms with Gasteiger partial charge in [-0.25, -0.2) is 14.4 Å². The number of carbonyl (C=O) groups excluding carboxylic acids is 1. The van der Waals surface area contributed by atoms with Gasteiger partial charge in [0.25, 0.3) is 0 Å². The molecule has 0 aromatic heterocycles. The Balaban J connectivity index is 0.000000350. The second-order valence-electron chi connectivity index (χ2n) is 7.92. The Bertz CT molecular complexity index is 1070. The van der Waals surface area contributed by atoms with Crippen LogP contribution in [0, 0.1) is 0 Å². The second kappa shape index (κ2) is 11.5. The fourth-order valence-electron chi connectivity index (χ4n) is 3.78. The summed E-state index contributed by atoms with van der Waals surface area (Å²) in [6.45, 7) is 4.23. The van der Waals surface area contributed by atoms with Crippen molar-refractivity contribution in [1.29, 1.82) is 0 Å². The van der Waals surface area contributed by atoms with Gasteiger partial charge in [0.1, 0.15) is 0 Å². The first kappa shape index (κ1) is 25.1. The van der Waals surface area contributed by atoms with Crippen LogP contribution in [-0.4, -0.2) is 77.8 Å². The lowest BCUT2D eigenvalue weighted by Crippen LogP contribution is -2.48. The van der Waals surface area contributed by atoms with Crippen molar-refractivity contribution in [2.45, 2.75) is 6.42 Å². The van der Waals surface area contributed by atoms with Gasteiger partial charge in [0.2, 0.25) is 0 Å². The van der Waals surface area contributed by atoms with Crippen LogP contribution in [0.1, 0.15) is 5.56 Å². The van der Waals surface area contributed by atoms with Crippen molar-refractivity contribution in [2.24, 2.45) is 0 Å². The van der Waals surface area contributed by atoms with Gasteiger partial charge in [-0.1, -0.05) is 23.7 Å². The van der Waals surface area contributed by atoms with E-state index in [1.165, 1.54) is 5.56 Å². The van der Waals surface area contributed by atoms with Gasteiger partial charge >= 0.3 is 18.0 Å². The number of amides is 2. The topological polar surface area (TPSA) is 113 Å². The van der Waals surface area contributed by atoms with Crippen LogP contribution in [0.5, 0.6) is 0 Å². The number of benzene rings is 2. The van der Waals surface area contributed by atoms with E-state index < -0.39 is 11.9 Å². The molecule has 2 aliphatic rings. The predicted molar refractivity (Wildman–Crippen MR) is 131 cm³/mol. The number of carboxylic acid groups (broad SMARTS) is 2. The molecule has 34 heavy (non-hydrogen) atoms. The van der Waals surface area contributed by atoms with Crippen molar-refractivity contribution in [2.75, 3.05) is 50.0 Å². The third kappa shape index (κ3) is 6.72. The number of para-hydroxylation sites is 2. The molecule has 2 amide bonds. The van der Waals surface area contributed by atoms with Crippen molar-refractivity contribution in [3.63, 3.8) is 0 Å². The van der Waals surface area contributed by atoms with Gasteiger partial charge in [-0.3, -0.25) is 0 Å². The monoisotopic (exact) mass is 486 g/mol. The molecular formula is C24H27ClN4O5. The SMILES string of the molecule is CN1CCN(C(=O)Nc2ccccc2N2CCc3cc(Cl)ccc32)CC1.O=C(O)C=CC(=O)O. The number of fused-ring (bicyclic) bond motifs is 1. The molecule has 3 N–H and O–H groups in total. The number of nitrogens with zero attached hydrogens (tertiary/aromatic N) is 3. The summed E-state index contributed by atoms with van der Waals surface area (Å²) in [6, 6.07) is 14.0. The van der Waals surface area contributed by atoms with Gasteiger partial charge in [-0.15, -0.1) is 0 Å². The van der Waals surface area contributed by atoms with Gasteiger partial charge in [0, 0.05) is 55.6 Å². The highest BCUT2D eigenvalue weighted by atomic mass is 35.5. The summed E-state index contributed by atoms with van der Waals surface area (Å²) < 4.78 is 0. The molecule has 1 fully saturated rings. The number of nitrogens with one attached hydrogen (secondary N) is 1. The molecule has 1 saturated heterocycles. The Kier molecular flexibility index (Phi) is 8.50. The van der Waals surface area contributed by atoms with Crippen molar-refractivity contribution >= 4 is 46.6 Å². The first-order valence-corrected chi connectivity index (χ1v) is 11.2. The van der Waals surface area contributed by atoms with Crippen molar-refractivity contribution < 1.29 is 24.6 Å². The highest BCUT2D eigenvalue weighted by Crippen LogP contribution is 2.39. The lowest BCUT2D eigenvalue weighted by atomic mass is 10.1. The van der Waals surface area contributed by atoms with E-state index in [1.54, 1.807) is 0 Å². The summed E-state index contributed by atoms with van der Waals surface area (Å²) in [6.07, 6.45) is 2.07. The molecule has 9 nitrogen and oxygen atoms in total. The summed E-state index contributed by atoms with van der Waals surface area (Å²) in [5.41, 5.74) is 4.28. The highest BCUT2D eigenvalue weighted by Gasteiger charge is 2.24. The van der Waals surface area contributed by atoms with E-state index in [0.29, 0.717) is 12.2 Å². The third-order valence-corrected chi connectivity index (χ3v) is 5.77. The zero-order valence-electron chi connectivity index (χ0n) is 18.8. The largest absolute Gasteiger partial charge is 0.478 e. The molecule has 2 aromatic rings. The molecule has 2 aromatic carbocycles. The Hall–Kier alpha value is -3.56. The van der Waals surface area contributed by atoms with Gasteiger partial charge in [-0.2, -0.15) is 0 Å². The summed E-state index contributed by atoms with van der Waals surface area (Å²) >= 11 is 6.13. The fraction of sp³-hybridized carbons (Fsp3) is 0.292. The minimum atomic E-state index is -1.26. The van der Waals surface area contributed by atoms with E-state index in [9.17, 15) is 14.4 Å². The van der Waals surface area contributed by atoms with Crippen LogP contribution < -0.4 is 10.2 Å². The number of halogens is 1. The summed E-state index contributed by atoms with van der Waals surface area (Å²) in [5, 5.41) is 19.5. The van der Waals surface area contributed by atoms with E-state index in [2.05, 4.69) is 34.3 Å². The first-order valence-electron chi connectivity index (χ1n) is 10.8. The van der Waals surface area contributed by atoms with Gasteiger partial charge < -0.3 is 30.2 Å². The molecule has 0 radical (unpaired) electrons. The number of hydrogen-bond acceptors (Lipinski definition) is 5. The van der Waals surface area contributed by atoms with Crippen molar-refractivity contribution in [3.05, 3.63) is 65.2 Å². The smallest absolute Gasteiger partial charge is 0.328 e. The van der Waals surface area contributed by atoms with Crippen LogP contribution >= 0.6 is 11.6 Å². The number of aliphatic carboxylic acids is 2. The van der Waals surface area contributed by atoms with Gasteiger partial charge in [0.05, 0.1) is 11.4 Å². The predicted octanol–water partition coefficient (Wildman–Crippen LogP) is 3.53. The standard InChI is InChI=1S/C20H23ClN4O.C4H4O4/c1-23-10-12-24(13-11-23)20(26)22-17-4-2-3-5-19(17)25-9-8-15-14-16(21)6-7-18(15)25;5-3(6)1-2-4(7)8/h2-7,14H,8-13H2,1H3,(H,22,26);1-2H,(H,5,6)(H,7,8). The number of rotatable bonds is 4. The lowest BCUT2D eigenvalue weighted by molar-refractivity contribution is -0.134. The Morgan fingerprint density at radius 1 is 0.912 bits per heavy atom. The second-order valence-corrected chi connectivity index (χ2v) is 8.36. The molecule has 2 heterocycles. The number of likely N-dealkylation sites (N-methyl/N-ethyl adjacent to an activating group) is 1. The van der Waals surface area contributed by atoms with Gasteiger partial charge in [-0.05, 0) is 49.4 Å². The zero-order chi connectivity index (χ0) is 24.7. The average Bonchev–Trinajstić information content (AvgIpc) is 3.21. The number of carboxylic acids is 2. The number of carbonyl (C=O) groups is 3. The lowest BCUT2D eigenvalue weighted by Gasteiger charge is -2.33. The normalized spacial score (nSPS) is 15.5. The van der Waals surface area contributed by atoms with Crippen LogP contribution in [-0.2, 0) is 16.0 Å². The maximum atomic E-state index is 12.7. The number of piperazine rings is 1. The summed E-state index contributed by atoms with van der Waals surface area (Å²) in [5.74, 6) is -2.51. The van der Waals surface area contributed by atoms with Crippen LogP contribution in [0.3, 0.4) is 0 Å². The van der Waals surface area contributed by atoms with E-state index in [0.717, 1.165) is 61.2 Å². The van der Waals surface area contributed by atoms with Crippen molar-refractivity contribution in [3.8, 4) is 0 Å². The Morgan fingerprint density at radius 2 is 1.56 bits per heavy atom. The quantitative estimate of drug-likeness (QED) is 0.566. The molecule has 4 rings (SSSR count). The van der Waals surface area contributed by atoms with E-state index in [-0.39, 0.29) is 6.03 Å². The first-order chi connectivity index (χ1) is 16.2. The molecular weight excluding hydrogens is 460 g/mol. The maximum absolute atomic E-state index is 12.7. The minimum absolute atomic E-state index is 0.0268.